The largest absolute Gasteiger partial charge is 0.490 e. The summed E-state index contributed by atoms with van der Waals surface area (Å²) in [6, 6.07) is 8.94. The minimum Gasteiger partial charge on any atom is -0.490 e. The average Bonchev–Trinajstić information content (AvgIpc) is 3.47. The third-order valence-corrected chi connectivity index (χ3v) is 8.83. The van der Waals surface area contributed by atoms with Crippen molar-refractivity contribution in [2.45, 2.75) is 53.1 Å². The summed E-state index contributed by atoms with van der Waals surface area (Å²) in [4.78, 5) is 27.5. The lowest BCUT2D eigenvalue weighted by Gasteiger charge is -2.34. The van der Waals surface area contributed by atoms with E-state index in [0.29, 0.717) is 28.9 Å². The smallest absolute Gasteiger partial charge is 0.353 e. The van der Waals surface area contributed by atoms with Crippen molar-refractivity contribution in [2.75, 3.05) is 11.9 Å². The SMILES string of the molecule is CCOc1cc([C@H]2NC(=O)c3c(sc4c3CC[C@H](C(C)(C)C)C4)N2)ccc1OC(=O)c1cccs1. The van der Waals surface area contributed by atoms with Crippen LogP contribution in [-0.2, 0) is 12.8 Å². The summed E-state index contributed by atoms with van der Waals surface area (Å²) < 4.78 is 11.4. The van der Waals surface area contributed by atoms with Crippen molar-refractivity contribution in [3.05, 3.63) is 62.2 Å². The maximum atomic E-state index is 13.2. The van der Waals surface area contributed by atoms with Crippen molar-refractivity contribution in [2.24, 2.45) is 11.3 Å². The lowest BCUT2D eigenvalue weighted by atomic mass is 9.72. The Morgan fingerprint density at radius 1 is 1.17 bits per heavy atom. The van der Waals surface area contributed by atoms with Gasteiger partial charge in [-0.05, 0) is 72.2 Å². The second-order valence-electron chi connectivity index (χ2n) is 10.1. The molecular formula is C27H30N2O4S2. The third-order valence-electron chi connectivity index (χ3n) is 6.79. The number of rotatable bonds is 5. The van der Waals surface area contributed by atoms with E-state index in [1.165, 1.54) is 21.8 Å². The number of esters is 1. The number of benzene rings is 1. The van der Waals surface area contributed by atoms with Crippen molar-refractivity contribution in [1.82, 2.24) is 5.32 Å². The van der Waals surface area contributed by atoms with Crippen LogP contribution in [-0.4, -0.2) is 18.5 Å². The van der Waals surface area contributed by atoms with Crippen LogP contribution in [0.25, 0.3) is 0 Å². The molecule has 2 atom stereocenters. The zero-order chi connectivity index (χ0) is 24.7. The molecule has 0 bridgehead atoms. The first kappa shape index (κ1) is 23.9. The monoisotopic (exact) mass is 510 g/mol. The number of fused-ring (bicyclic) bond motifs is 3. The van der Waals surface area contributed by atoms with Crippen LogP contribution in [0, 0.1) is 11.3 Å². The summed E-state index contributed by atoms with van der Waals surface area (Å²) in [7, 11) is 0. The summed E-state index contributed by atoms with van der Waals surface area (Å²) in [5.41, 5.74) is 3.10. The number of thiophene rings is 2. The normalized spacial score (nSPS) is 19.3. The number of amides is 1. The number of hydrogen-bond acceptors (Lipinski definition) is 7. The van der Waals surface area contributed by atoms with E-state index in [9.17, 15) is 9.59 Å². The Bertz CT molecular complexity index is 1260. The zero-order valence-electron chi connectivity index (χ0n) is 20.4. The van der Waals surface area contributed by atoms with Crippen molar-refractivity contribution >= 4 is 39.6 Å². The van der Waals surface area contributed by atoms with Crippen LogP contribution in [0.5, 0.6) is 11.5 Å². The van der Waals surface area contributed by atoms with Gasteiger partial charge in [0.15, 0.2) is 11.5 Å². The third kappa shape index (κ3) is 4.69. The van der Waals surface area contributed by atoms with Crippen LogP contribution >= 0.6 is 22.7 Å². The number of nitrogens with one attached hydrogen (secondary N) is 2. The molecule has 184 valence electrons. The molecule has 1 amide bonds. The molecule has 0 fully saturated rings. The Hall–Kier alpha value is -2.84. The van der Waals surface area contributed by atoms with Crippen LogP contribution in [0.15, 0.2) is 35.7 Å². The summed E-state index contributed by atoms with van der Waals surface area (Å²) in [5.74, 6) is 0.987. The van der Waals surface area contributed by atoms with Crippen LogP contribution in [0.4, 0.5) is 5.00 Å². The molecular weight excluding hydrogens is 480 g/mol. The lowest BCUT2D eigenvalue weighted by Crippen LogP contribution is -2.38. The topological polar surface area (TPSA) is 76.7 Å². The van der Waals surface area contributed by atoms with Gasteiger partial charge in [0.1, 0.15) is 16.0 Å². The van der Waals surface area contributed by atoms with Gasteiger partial charge < -0.3 is 20.1 Å². The van der Waals surface area contributed by atoms with Gasteiger partial charge in [-0.15, -0.1) is 22.7 Å². The van der Waals surface area contributed by atoms with E-state index in [-0.39, 0.29) is 11.3 Å². The zero-order valence-corrected chi connectivity index (χ0v) is 22.0. The number of carbonyl (C=O) groups is 2. The van der Waals surface area contributed by atoms with Gasteiger partial charge in [-0.1, -0.05) is 32.9 Å². The predicted molar refractivity (Wildman–Crippen MR) is 140 cm³/mol. The summed E-state index contributed by atoms with van der Waals surface area (Å²) in [6.07, 6.45) is 2.69. The van der Waals surface area contributed by atoms with Gasteiger partial charge in [-0.25, -0.2) is 4.79 Å². The molecule has 0 radical (unpaired) electrons. The van der Waals surface area contributed by atoms with E-state index in [1.54, 1.807) is 23.5 Å². The second kappa shape index (κ2) is 9.32. The average molecular weight is 511 g/mol. The minimum absolute atomic E-state index is 0.0402. The molecule has 35 heavy (non-hydrogen) atoms. The molecule has 0 spiro atoms. The van der Waals surface area contributed by atoms with Crippen molar-refractivity contribution in [3.63, 3.8) is 0 Å². The molecule has 8 heteroatoms. The molecule has 0 saturated carbocycles. The van der Waals surface area contributed by atoms with Crippen molar-refractivity contribution in [3.8, 4) is 11.5 Å². The fourth-order valence-corrected chi connectivity index (χ4v) is 6.76. The number of hydrogen-bond donors (Lipinski definition) is 2. The Morgan fingerprint density at radius 2 is 2.00 bits per heavy atom. The van der Waals surface area contributed by atoms with Gasteiger partial charge >= 0.3 is 5.97 Å². The number of anilines is 1. The molecule has 5 rings (SSSR count). The van der Waals surface area contributed by atoms with E-state index < -0.39 is 12.1 Å². The van der Waals surface area contributed by atoms with E-state index in [4.69, 9.17) is 9.47 Å². The van der Waals surface area contributed by atoms with Gasteiger partial charge in [0.05, 0.1) is 12.2 Å². The Morgan fingerprint density at radius 3 is 2.71 bits per heavy atom. The fourth-order valence-electron chi connectivity index (χ4n) is 4.81. The van der Waals surface area contributed by atoms with Gasteiger partial charge in [0.2, 0.25) is 0 Å². The van der Waals surface area contributed by atoms with Crippen LogP contribution in [0.2, 0.25) is 0 Å². The van der Waals surface area contributed by atoms with E-state index in [1.807, 2.05) is 30.5 Å². The highest BCUT2D eigenvalue weighted by molar-refractivity contribution is 7.16. The summed E-state index contributed by atoms with van der Waals surface area (Å²) >= 11 is 3.04. The van der Waals surface area contributed by atoms with Gasteiger partial charge in [0, 0.05) is 4.88 Å². The highest BCUT2D eigenvalue weighted by Gasteiger charge is 2.36. The molecule has 2 N–H and O–H groups in total. The first-order chi connectivity index (χ1) is 16.7. The van der Waals surface area contributed by atoms with Crippen molar-refractivity contribution in [1.29, 1.82) is 0 Å². The van der Waals surface area contributed by atoms with E-state index >= 15 is 0 Å². The molecule has 1 aliphatic heterocycles. The Labute approximate surface area is 213 Å². The summed E-state index contributed by atoms with van der Waals surface area (Å²) in [5, 5.41) is 9.41. The second-order valence-corrected chi connectivity index (χ2v) is 12.1. The van der Waals surface area contributed by atoms with Gasteiger partial charge in [0.25, 0.3) is 5.91 Å². The lowest BCUT2D eigenvalue weighted by molar-refractivity contribution is 0.0733. The van der Waals surface area contributed by atoms with Crippen LogP contribution < -0.4 is 20.1 Å². The van der Waals surface area contributed by atoms with Gasteiger partial charge in [-0.2, -0.15) is 0 Å². The predicted octanol–water partition coefficient (Wildman–Crippen LogP) is 6.43. The standard InChI is InChI=1S/C27H30N2O4S2/c1-5-32-19-13-15(8-11-18(19)33-26(31)20-7-6-12-34-20)23-28-24(30)22-17-10-9-16(27(2,3)4)14-21(17)35-25(22)29-23/h6-8,11-13,16,23,29H,5,9-10,14H2,1-4H3,(H,28,30)/t16-,23-/m0/s1. The molecule has 3 aromatic rings. The molecule has 1 aliphatic carbocycles. The molecule has 0 saturated heterocycles. The molecule has 3 heterocycles. The minimum atomic E-state index is -0.417. The molecule has 1 aromatic carbocycles. The van der Waals surface area contributed by atoms with E-state index in [0.717, 1.165) is 35.4 Å². The van der Waals surface area contributed by atoms with Gasteiger partial charge in [-0.3, -0.25) is 4.79 Å². The van der Waals surface area contributed by atoms with E-state index in [2.05, 4.69) is 31.4 Å². The fraction of sp³-hybridized carbons (Fsp3) is 0.407. The Kier molecular flexibility index (Phi) is 6.36. The number of carbonyl (C=O) groups excluding carboxylic acids is 2. The number of ether oxygens (including phenoxy) is 2. The quantitative estimate of drug-likeness (QED) is 0.305. The van der Waals surface area contributed by atoms with Crippen LogP contribution in [0.1, 0.15) is 76.3 Å². The van der Waals surface area contributed by atoms with Crippen molar-refractivity contribution < 1.29 is 19.1 Å². The maximum absolute atomic E-state index is 13.2. The maximum Gasteiger partial charge on any atom is 0.353 e. The highest BCUT2D eigenvalue weighted by atomic mass is 32.1. The summed E-state index contributed by atoms with van der Waals surface area (Å²) in [6.45, 7) is 9.21. The first-order valence-corrected chi connectivity index (χ1v) is 13.7. The molecule has 6 nitrogen and oxygen atoms in total. The highest BCUT2D eigenvalue weighted by Crippen LogP contribution is 2.46. The molecule has 2 aromatic heterocycles. The Balaban J connectivity index is 1.39. The van der Waals surface area contributed by atoms with Crippen LogP contribution in [0.3, 0.4) is 0 Å². The first-order valence-electron chi connectivity index (χ1n) is 12.0. The molecule has 2 aliphatic rings. The molecule has 0 unspecified atom stereocenters.